The van der Waals surface area contributed by atoms with Crippen LogP contribution >= 0.6 is 0 Å². The van der Waals surface area contributed by atoms with E-state index >= 15 is 0 Å². The summed E-state index contributed by atoms with van der Waals surface area (Å²) in [4.78, 5) is 0. The molecular weight excluding hydrogens is 214 g/mol. The molecule has 1 aromatic rings. The van der Waals surface area contributed by atoms with Gasteiger partial charge >= 0.3 is 0 Å². The minimum atomic E-state index is 0.659. The van der Waals surface area contributed by atoms with Crippen molar-refractivity contribution in [3.05, 3.63) is 18.2 Å². The Morgan fingerprint density at radius 3 is 2.94 bits per heavy atom. The number of imidazole rings is 1. The molecule has 0 aliphatic heterocycles. The van der Waals surface area contributed by atoms with Gasteiger partial charge in [-0.3, -0.25) is 0 Å². The van der Waals surface area contributed by atoms with Gasteiger partial charge in [0, 0.05) is 20.0 Å². The summed E-state index contributed by atoms with van der Waals surface area (Å²) >= 11 is 0. The third-order valence-electron chi connectivity index (χ3n) is 2.88. The summed E-state index contributed by atoms with van der Waals surface area (Å²) in [5.74, 6) is 1.33. The molecule has 1 aromatic heterocycles. The lowest BCUT2D eigenvalue weighted by Gasteiger charge is -2.02. The van der Waals surface area contributed by atoms with E-state index in [4.69, 9.17) is 10.00 Å². The van der Waals surface area contributed by atoms with Gasteiger partial charge in [-0.25, -0.2) is 9.13 Å². The Kier molecular flexibility index (Phi) is 6.34. The quantitative estimate of drug-likeness (QED) is 0.509. The van der Waals surface area contributed by atoms with Crippen LogP contribution in [0.25, 0.3) is 0 Å². The molecule has 0 radical (unpaired) electrons. The molecule has 17 heavy (non-hydrogen) atoms. The maximum Gasteiger partial charge on any atom is 0.256 e. The summed E-state index contributed by atoms with van der Waals surface area (Å²) in [5, 5.41) is 8.49. The highest BCUT2D eigenvalue weighted by Crippen LogP contribution is 2.00. The lowest BCUT2D eigenvalue weighted by molar-refractivity contribution is -0.704. The zero-order chi connectivity index (χ0) is 12.5. The Balaban J connectivity index is 2.53. The smallest absolute Gasteiger partial charge is 0.256 e. The molecular formula is C13H22N3O+. The molecule has 0 spiro atoms. The fourth-order valence-corrected chi connectivity index (χ4v) is 1.99. The predicted molar refractivity (Wildman–Crippen MR) is 65.3 cm³/mol. The van der Waals surface area contributed by atoms with Crippen molar-refractivity contribution >= 4 is 0 Å². The number of hydrogen-bond donors (Lipinski definition) is 0. The predicted octanol–water partition coefficient (Wildman–Crippen LogP) is 1.68. The van der Waals surface area contributed by atoms with Gasteiger partial charge in [0.1, 0.15) is 18.9 Å². The molecule has 0 saturated carbocycles. The first-order valence-corrected chi connectivity index (χ1v) is 6.26. The first-order chi connectivity index (χ1) is 8.33. The molecule has 0 atom stereocenters. The Hall–Kier alpha value is -1.34. The number of hydrogen-bond acceptors (Lipinski definition) is 2. The molecule has 0 aliphatic carbocycles. The topological polar surface area (TPSA) is 41.8 Å². The molecule has 0 fully saturated rings. The lowest BCUT2D eigenvalue weighted by Crippen LogP contribution is -2.37. The van der Waals surface area contributed by atoms with Gasteiger partial charge < -0.3 is 4.74 Å². The number of nitrogens with zero attached hydrogens (tertiary/aromatic N) is 3. The number of rotatable bonds is 8. The molecule has 0 saturated heterocycles. The zero-order valence-electron chi connectivity index (χ0n) is 10.9. The second kappa shape index (κ2) is 7.86. The second-order valence-corrected chi connectivity index (χ2v) is 4.06. The van der Waals surface area contributed by atoms with Crippen molar-refractivity contribution in [2.45, 2.75) is 45.7 Å². The summed E-state index contributed by atoms with van der Waals surface area (Å²) < 4.78 is 9.63. The molecule has 0 bridgehead atoms. The number of methoxy groups -OCH3 is 1. The van der Waals surface area contributed by atoms with E-state index in [1.54, 1.807) is 7.11 Å². The average Bonchev–Trinajstić information content (AvgIpc) is 2.74. The van der Waals surface area contributed by atoms with Gasteiger partial charge in [-0.1, -0.05) is 6.92 Å². The van der Waals surface area contributed by atoms with Crippen LogP contribution in [0.15, 0.2) is 12.4 Å². The molecule has 0 amide bonds. The van der Waals surface area contributed by atoms with Crippen LogP contribution in [-0.2, 0) is 24.2 Å². The monoisotopic (exact) mass is 236 g/mol. The Morgan fingerprint density at radius 1 is 1.47 bits per heavy atom. The van der Waals surface area contributed by atoms with Crippen LogP contribution in [0.5, 0.6) is 0 Å². The molecule has 0 N–H and O–H groups in total. The van der Waals surface area contributed by atoms with Gasteiger partial charge in [-0.05, 0) is 12.8 Å². The first kappa shape index (κ1) is 13.7. The SMILES string of the molecule is CCc1n(CCOC)cc[n+]1CCCCC#N. The number of aromatic nitrogens is 2. The van der Waals surface area contributed by atoms with Crippen molar-refractivity contribution < 1.29 is 9.30 Å². The van der Waals surface area contributed by atoms with Gasteiger partial charge in [0.2, 0.25) is 0 Å². The third-order valence-corrected chi connectivity index (χ3v) is 2.88. The van der Waals surface area contributed by atoms with Crippen LogP contribution in [0.3, 0.4) is 0 Å². The van der Waals surface area contributed by atoms with Crippen molar-refractivity contribution in [3.8, 4) is 6.07 Å². The Labute approximate surface area is 103 Å². The maximum absolute atomic E-state index is 8.49. The van der Waals surface area contributed by atoms with E-state index in [0.29, 0.717) is 6.42 Å². The fourth-order valence-electron chi connectivity index (χ4n) is 1.99. The zero-order valence-corrected chi connectivity index (χ0v) is 10.9. The van der Waals surface area contributed by atoms with E-state index < -0.39 is 0 Å². The highest BCUT2D eigenvalue weighted by molar-refractivity contribution is 4.83. The molecule has 0 aromatic carbocycles. The van der Waals surface area contributed by atoms with Gasteiger partial charge in [0.25, 0.3) is 5.82 Å². The van der Waals surface area contributed by atoms with E-state index in [2.05, 4.69) is 34.5 Å². The van der Waals surface area contributed by atoms with Crippen molar-refractivity contribution in [2.75, 3.05) is 13.7 Å². The summed E-state index contributed by atoms with van der Waals surface area (Å²) in [6, 6.07) is 2.18. The average molecular weight is 236 g/mol. The number of ether oxygens (including phenoxy) is 1. The molecule has 94 valence electrons. The number of nitriles is 1. The van der Waals surface area contributed by atoms with E-state index in [-0.39, 0.29) is 0 Å². The lowest BCUT2D eigenvalue weighted by atomic mass is 10.2. The summed E-state index contributed by atoms with van der Waals surface area (Å²) in [6.07, 6.45) is 7.97. The van der Waals surface area contributed by atoms with Crippen LogP contribution in [0.2, 0.25) is 0 Å². The van der Waals surface area contributed by atoms with Crippen molar-refractivity contribution in [3.63, 3.8) is 0 Å². The molecule has 1 rings (SSSR count). The second-order valence-electron chi connectivity index (χ2n) is 4.06. The van der Waals surface area contributed by atoms with Gasteiger partial charge in [-0.15, -0.1) is 0 Å². The molecule has 4 nitrogen and oxygen atoms in total. The first-order valence-electron chi connectivity index (χ1n) is 6.26. The van der Waals surface area contributed by atoms with Crippen LogP contribution in [0.4, 0.5) is 0 Å². The Morgan fingerprint density at radius 2 is 2.29 bits per heavy atom. The van der Waals surface area contributed by atoms with Gasteiger partial charge in [-0.2, -0.15) is 5.26 Å². The van der Waals surface area contributed by atoms with Crippen molar-refractivity contribution in [1.29, 1.82) is 5.26 Å². The van der Waals surface area contributed by atoms with E-state index in [1.165, 1.54) is 5.82 Å². The normalized spacial score (nSPS) is 10.4. The van der Waals surface area contributed by atoms with Crippen molar-refractivity contribution in [1.82, 2.24) is 4.57 Å². The Bertz CT molecular complexity index is 365. The van der Waals surface area contributed by atoms with Crippen molar-refractivity contribution in [2.24, 2.45) is 0 Å². The third kappa shape index (κ3) is 4.20. The molecule has 4 heteroatoms. The molecule has 1 heterocycles. The summed E-state index contributed by atoms with van der Waals surface area (Å²) in [5.41, 5.74) is 0. The largest absolute Gasteiger partial charge is 0.381 e. The minimum Gasteiger partial charge on any atom is -0.381 e. The van der Waals surface area contributed by atoms with E-state index in [1.807, 2.05) is 0 Å². The maximum atomic E-state index is 8.49. The minimum absolute atomic E-state index is 0.659. The van der Waals surface area contributed by atoms with Gasteiger partial charge in [0.15, 0.2) is 0 Å². The summed E-state index contributed by atoms with van der Waals surface area (Å²) in [7, 11) is 1.73. The van der Waals surface area contributed by atoms with Gasteiger partial charge in [0.05, 0.1) is 19.2 Å². The van der Waals surface area contributed by atoms with E-state index in [0.717, 1.165) is 39.0 Å². The molecule has 0 unspecified atom stereocenters. The van der Waals surface area contributed by atoms with Crippen LogP contribution in [0, 0.1) is 11.3 Å². The number of aryl methyl sites for hydroxylation is 1. The highest BCUT2D eigenvalue weighted by Gasteiger charge is 2.14. The van der Waals surface area contributed by atoms with E-state index in [9.17, 15) is 0 Å². The standard InChI is InChI=1S/C13H22N3O/c1-3-13-15(8-6-4-5-7-14)9-10-16(13)11-12-17-2/h9-10H,3-6,8,11-12H2,1-2H3/q+1. The fraction of sp³-hybridized carbons (Fsp3) is 0.692. The van der Waals surface area contributed by atoms with Crippen LogP contribution in [0.1, 0.15) is 32.0 Å². The van der Waals surface area contributed by atoms with Crippen LogP contribution < -0.4 is 4.57 Å². The number of unbranched alkanes of at least 4 members (excludes halogenated alkanes) is 2. The summed E-state index contributed by atoms with van der Waals surface area (Å²) in [6.45, 7) is 4.83. The van der Waals surface area contributed by atoms with Crippen LogP contribution in [-0.4, -0.2) is 18.3 Å². The molecule has 0 aliphatic rings. The highest BCUT2D eigenvalue weighted by atomic mass is 16.5.